The van der Waals surface area contributed by atoms with Crippen molar-refractivity contribution in [2.45, 2.75) is 6.92 Å². The van der Waals surface area contributed by atoms with Gasteiger partial charge in [-0.3, -0.25) is 0 Å². The fourth-order valence-electron chi connectivity index (χ4n) is 1.82. The Morgan fingerprint density at radius 2 is 2.10 bits per heavy atom. The second-order valence-electron chi connectivity index (χ2n) is 4.23. The zero-order valence-corrected chi connectivity index (χ0v) is 12.6. The average Bonchev–Trinajstić information content (AvgIpc) is 2.98. The van der Waals surface area contributed by atoms with E-state index in [9.17, 15) is 4.79 Å². The van der Waals surface area contributed by atoms with Crippen LogP contribution in [0.25, 0.3) is 9.53 Å². The fraction of sp³-hybridized carbons (Fsp3) is 0.143. The molecule has 0 aliphatic rings. The first-order valence-corrected chi connectivity index (χ1v) is 7.62. The van der Waals surface area contributed by atoms with Gasteiger partial charge in [0.15, 0.2) is 5.13 Å². The van der Waals surface area contributed by atoms with Gasteiger partial charge in [-0.25, -0.2) is 9.78 Å². The molecule has 0 saturated heterocycles. The number of ether oxygens (including phenoxy) is 1. The number of aromatic nitrogens is 1. The topological polar surface area (TPSA) is 51.2 Å². The van der Waals surface area contributed by atoms with Crippen LogP contribution in [0.15, 0.2) is 30.3 Å². The largest absolute Gasteiger partial charge is 0.465 e. The van der Waals surface area contributed by atoms with Gasteiger partial charge in [0.1, 0.15) is 9.71 Å². The molecule has 20 heavy (non-hydrogen) atoms. The van der Waals surface area contributed by atoms with Crippen molar-refractivity contribution in [2.24, 2.45) is 0 Å². The Morgan fingerprint density at radius 3 is 2.80 bits per heavy atom. The van der Waals surface area contributed by atoms with Crippen LogP contribution < -0.4 is 5.32 Å². The number of thiophene rings is 1. The third-order valence-corrected chi connectivity index (χ3v) is 4.92. The van der Waals surface area contributed by atoms with Gasteiger partial charge in [-0.2, -0.15) is 0 Å². The number of thiazole rings is 1. The zero-order valence-electron chi connectivity index (χ0n) is 11.0. The highest BCUT2D eigenvalue weighted by Gasteiger charge is 2.14. The molecule has 6 heteroatoms. The van der Waals surface area contributed by atoms with Gasteiger partial charge >= 0.3 is 5.97 Å². The summed E-state index contributed by atoms with van der Waals surface area (Å²) in [6.07, 6.45) is 0. The second kappa shape index (κ2) is 5.22. The lowest BCUT2D eigenvalue weighted by molar-refractivity contribution is 0.0606. The molecule has 0 spiro atoms. The Labute approximate surface area is 124 Å². The van der Waals surface area contributed by atoms with Crippen molar-refractivity contribution < 1.29 is 9.53 Å². The Balaban J connectivity index is 1.89. The Hall–Kier alpha value is -1.92. The molecule has 2 heterocycles. The van der Waals surface area contributed by atoms with Gasteiger partial charge in [-0.15, -0.1) is 11.3 Å². The smallest absolute Gasteiger partial charge is 0.348 e. The lowest BCUT2D eigenvalue weighted by Gasteiger charge is -2.05. The highest BCUT2D eigenvalue weighted by molar-refractivity contribution is 7.29. The van der Waals surface area contributed by atoms with Crippen LogP contribution in [0, 0.1) is 6.92 Å². The Kier molecular flexibility index (Phi) is 3.42. The summed E-state index contributed by atoms with van der Waals surface area (Å²) < 4.78 is 5.70. The van der Waals surface area contributed by atoms with Gasteiger partial charge in [0, 0.05) is 5.69 Å². The molecule has 102 valence electrons. The second-order valence-corrected chi connectivity index (χ2v) is 6.29. The van der Waals surface area contributed by atoms with Crippen LogP contribution in [-0.4, -0.2) is 18.1 Å². The minimum atomic E-state index is -0.311. The third-order valence-electron chi connectivity index (χ3n) is 2.86. The number of esters is 1. The summed E-state index contributed by atoms with van der Waals surface area (Å²) in [5, 5.41) is 4.14. The summed E-state index contributed by atoms with van der Waals surface area (Å²) in [5.41, 5.74) is 2.21. The first-order valence-electron chi connectivity index (χ1n) is 5.98. The quantitative estimate of drug-likeness (QED) is 0.737. The number of carbonyl (C=O) groups is 1. The maximum Gasteiger partial charge on any atom is 0.348 e. The molecule has 0 bridgehead atoms. The van der Waals surface area contributed by atoms with Crippen LogP contribution in [0.4, 0.5) is 10.8 Å². The first-order chi connectivity index (χ1) is 9.67. The fourth-order valence-corrected chi connectivity index (χ4v) is 3.86. The van der Waals surface area contributed by atoms with Gasteiger partial charge < -0.3 is 10.1 Å². The van der Waals surface area contributed by atoms with Gasteiger partial charge in [-0.05, 0) is 24.6 Å². The highest BCUT2D eigenvalue weighted by Crippen LogP contribution is 2.34. The molecular formula is C14H12N2O2S2. The number of para-hydroxylation sites is 1. The van der Waals surface area contributed by atoms with E-state index in [2.05, 4.69) is 10.3 Å². The molecule has 0 aliphatic carbocycles. The number of hydrogen-bond acceptors (Lipinski definition) is 6. The standard InChI is InChI=1S/C14H12N2O2S2/c1-8-5-3-4-6-9(8)15-14-16-12-10(20-14)7-11(19-12)13(17)18-2/h3-7H,1-2H3,(H,15,16). The van der Waals surface area contributed by atoms with Crippen LogP contribution in [0.1, 0.15) is 15.2 Å². The zero-order chi connectivity index (χ0) is 14.1. The van der Waals surface area contributed by atoms with E-state index in [-0.39, 0.29) is 5.97 Å². The van der Waals surface area contributed by atoms with Crippen molar-refractivity contribution in [1.29, 1.82) is 0 Å². The molecule has 1 N–H and O–H groups in total. The molecule has 1 aromatic carbocycles. The normalized spacial score (nSPS) is 10.7. The van der Waals surface area contributed by atoms with Crippen molar-refractivity contribution in [3.05, 3.63) is 40.8 Å². The Morgan fingerprint density at radius 1 is 1.30 bits per heavy atom. The van der Waals surface area contributed by atoms with E-state index < -0.39 is 0 Å². The van der Waals surface area contributed by atoms with Crippen LogP contribution in [0.5, 0.6) is 0 Å². The van der Waals surface area contributed by atoms with Crippen molar-refractivity contribution in [3.8, 4) is 0 Å². The SMILES string of the molecule is COC(=O)c1cc2sc(Nc3ccccc3C)nc2s1. The van der Waals surface area contributed by atoms with Crippen molar-refractivity contribution >= 4 is 49.0 Å². The number of benzene rings is 1. The minimum Gasteiger partial charge on any atom is -0.465 e. The number of carbonyl (C=O) groups excluding carboxylic acids is 1. The van der Waals surface area contributed by atoms with Crippen molar-refractivity contribution in [2.75, 3.05) is 12.4 Å². The summed E-state index contributed by atoms with van der Waals surface area (Å²) in [6.45, 7) is 2.05. The van der Waals surface area contributed by atoms with E-state index in [4.69, 9.17) is 4.74 Å². The number of anilines is 2. The van der Waals surface area contributed by atoms with Gasteiger partial charge in [0.05, 0.1) is 11.8 Å². The van der Waals surface area contributed by atoms with E-state index in [1.165, 1.54) is 35.3 Å². The molecule has 0 fully saturated rings. The van der Waals surface area contributed by atoms with Gasteiger partial charge in [-0.1, -0.05) is 29.5 Å². The first kappa shape index (κ1) is 13.1. The molecule has 0 aliphatic heterocycles. The monoisotopic (exact) mass is 304 g/mol. The van der Waals surface area contributed by atoms with E-state index in [1.807, 2.05) is 37.3 Å². The predicted molar refractivity (Wildman–Crippen MR) is 83.3 cm³/mol. The summed E-state index contributed by atoms with van der Waals surface area (Å²) in [6, 6.07) is 9.88. The van der Waals surface area contributed by atoms with Crippen molar-refractivity contribution in [3.63, 3.8) is 0 Å². The number of aryl methyl sites for hydroxylation is 1. The molecule has 3 aromatic rings. The molecule has 0 amide bonds. The number of hydrogen-bond donors (Lipinski definition) is 1. The molecule has 2 aromatic heterocycles. The number of fused-ring (bicyclic) bond motifs is 1. The predicted octanol–water partition coefficient (Wildman–Crippen LogP) is 4.20. The Bertz CT molecular complexity index is 745. The summed E-state index contributed by atoms with van der Waals surface area (Å²) in [7, 11) is 1.38. The molecular weight excluding hydrogens is 292 g/mol. The third kappa shape index (κ3) is 2.39. The van der Waals surface area contributed by atoms with Crippen LogP contribution in [0.3, 0.4) is 0 Å². The summed E-state index contributed by atoms with van der Waals surface area (Å²) >= 11 is 2.88. The van der Waals surface area contributed by atoms with Gasteiger partial charge in [0.2, 0.25) is 0 Å². The molecule has 0 saturated carbocycles. The highest BCUT2D eigenvalue weighted by atomic mass is 32.1. The summed E-state index contributed by atoms with van der Waals surface area (Å²) in [4.78, 5) is 17.4. The van der Waals surface area contributed by atoms with Crippen molar-refractivity contribution in [1.82, 2.24) is 4.98 Å². The lowest BCUT2D eigenvalue weighted by Crippen LogP contribution is -1.96. The molecule has 4 nitrogen and oxygen atoms in total. The van der Waals surface area contributed by atoms with Crippen LogP contribution >= 0.6 is 22.7 Å². The molecule has 0 radical (unpaired) electrons. The number of rotatable bonds is 3. The number of nitrogens with zero attached hydrogens (tertiary/aromatic N) is 1. The number of nitrogens with one attached hydrogen (secondary N) is 1. The maximum atomic E-state index is 11.5. The molecule has 0 atom stereocenters. The summed E-state index contributed by atoms with van der Waals surface area (Å²) in [5.74, 6) is -0.311. The molecule has 0 unspecified atom stereocenters. The van der Waals surface area contributed by atoms with E-state index in [1.54, 1.807) is 0 Å². The lowest BCUT2D eigenvalue weighted by atomic mass is 10.2. The van der Waals surface area contributed by atoms with E-state index in [0.717, 1.165) is 20.3 Å². The van der Waals surface area contributed by atoms with Gasteiger partial charge in [0.25, 0.3) is 0 Å². The average molecular weight is 304 g/mol. The minimum absolute atomic E-state index is 0.311. The van der Waals surface area contributed by atoms with Crippen LogP contribution in [0.2, 0.25) is 0 Å². The van der Waals surface area contributed by atoms with Crippen LogP contribution in [-0.2, 0) is 4.74 Å². The van der Waals surface area contributed by atoms with E-state index >= 15 is 0 Å². The number of methoxy groups -OCH3 is 1. The maximum absolute atomic E-state index is 11.5. The molecule has 3 rings (SSSR count). The van der Waals surface area contributed by atoms with E-state index in [0.29, 0.717) is 4.88 Å².